The Labute approximate surface area is 466 Å². The summed E-state index contributed by atoms with van der Waals surface area (Å²) in [5.74, 6) is -3.47. The number of hydrogen-bond acceptors (Lipinski definition) is 22. The van der Waals surface area contributed by atoms with E-state index in [1.54, 1.807) is 33.8 Å². The molecule has 23 nitrogen and oxygen atoms in total. The van der Waals surface area contributed by atoms with Gasteiger partial charge in [0.1, 0.15) is 67.1 Å². The molecule has 0 bridgehead atoms. The van der Waals surface area contributed by atoms with E-state index in [2.05, 4.69) is 40.7 Å². The van der Waals surface area contributed by atoms with Gasteiger partial charge in [-0.2, -0.15) is 0 Å². The van der Waals surface area contributed by atoms with Gasteiger partial charge in [0.2, 0.25) is 0 Å². The van der Waals surface area contributed by atoms with E-state index >= 15 is 0 Å². The highest BCUT2D eigenvalue weighted by molar-refractivity contribution is 5.88. The van der Waals surface area contributed by atoms with Crippen LogP contribution in [0.2, 0.25) is 0 Å². The lowest BCUT2D eigenvalue weighted by atomic mass is 9.33. The van der Waals surface area contributed by atoms with Crippen LogP contribution in [0.1, 0.15) is 121 Å². The number of aliphatic hydroxyl groups is 10. The van der Waals surface area contributed by atoms with Gasteiger partial charge in [0.05, 0.1) is 43.5 Å². The zero-order valence-electron chi connectivity index (χ0n) is 47.7. The van der Waals surface area contributed by atoms with E-state index in [-0.39, 0.29) is 18.3 Å². The molecule has 9 rings (SSSR count). The first-order valence-electron chi connectivity index (χ1n) is 28.5. The Kier molecular flexibility index (Phi) is 16.7. The third kappa shape index (κ3) is 9.46. The minimum Gasteiger partial charge on any atom is -0.479 e. The molecule has 0 aromatic carbocycles. The summed E-state index contributed by atoms with van der Waals surface area (Å²) in [5.41, 5.74) is -4.36. The summed E-state index contributed by atoms with van der Waals surface area (Å²) in [5, 5.41) is 121. The Morgan fingerprint density at radius 1 is 0.700 bits per heavy atom. The quantitative estimate of drug-likeness (QED) is 0.0371. The van der Waals surface area contributed by atoms with Crippen LogP contribution in [0, 0.1) is 50.2 Å². The summed E-state index contributed by atoms with van der Waals surface area (Å²) in [6.07, 6.45) is -22.4. The summed E-state index contributed by atoms with van der Waals surface area (Å²) >= 11 is 0. The summed E-state index contributed by atoms with van der Waals surface area (Å²) < 4.78 is 55.0. The van der Waals surface area contributed by atoms with Crippen molar-refractivity contribution in [2.24, 2.45) is 50.2 Å². The maximum Gasteiger partial charge on any atom is 0.341 e. The molecule has 11 N–H and O–H groups in total. The first-order chi connectivity index (χ1) is 37.3. The van der Waals surface area contributed by atoms with E-state index in [1.807, 2.05) is 13.8 Å². The fraction of sp³-hybridized carbons (Fsp3) is 0.877. The molecule has 4 saturated heterocycles. The maximum absolute atomic E-state index is 13.9. The van der Waals surface area contributed by atoms with Gasteiger partial charge < -0.3 is 98.8 Å². The van der Waals surface area contributed by atoms with Gasteiger partial charge in [-0.1, -0.05) is 66.2 Å². The van der Waals surface area contributed by atoms with Gasteiger partial charge in [-0.25, -0.2) is 14.4 Å². The first-order valence-corrected chi connectivity index (χ1v) is 28.5. The Morgan fingerprint density at radius 3 is 1.85 bits per heavy atom. The van der Waals surface area contributed by atoms with E-state index in [0.29, 0.717) is 44.1 Å². The SMILES string of the molecule is C/C=C(/C)C(=O)O[C@H]1[C@H](OC(=O)C2(C)OC2C)C(C)(C)C[C@H]2C3=CC[C@@H]4[C@@]5(C)CC[C@H](O[C@@H]6O[C@H](C(=O)O)[C@@H](O)[C@H](O[C@@H]7O[C@@H](CO)[C@H](O)[C@H]7O)[C@H]6O[C@@H]6O[C@H](CO)[C@@H](O)[C@H](O)[C@H]6O)C(C)(C)[C@@H]5CC[C@@]4(C)[C@]3(C)C[C@@H](O)[C@]21CO. The fourth-order valence-corrected chi connectivity index (χ4v) is 16.6. The van der Waals surface area contributed by atoms with Crippen LogP contribution in [0.15, 0.2) is 23.3 Å². The molecule has 0 radical (unpaired) electrons. The average molecular weight is 1140 g/mol. The number of carbonyl (C=O) groups excluding carboxylic acids is 2. The van der Waals surface area contributed by atoms with Crippen molar-refractivity contribution in [1.82, 2.24) is 0 Å². The second kappa shape index (κ2) is 21.6. The number of carbonyl (C=O) groups is 3. The highest BCUT2D eigenvalue weighted by Gasteiger charge is 2.74. The largest absolute Gasteiger partial charge is 0.479 e. The predicted molar refractivity (Wildman–Crippen MR) is 275 cm³/mol. The topological polar surface area (TPSA) is 360 Å². The van der Waals surface area contributed by atoms with Crippen LogP contribution in [-0.4, -0.2) is 216 Å². The van der Waals surface area contributed by atoms with Crippen LogP contribution in [0.3, 0.4) is 0 Å². The van der Waals surface area contributed by atoms with Crippen molar-refractivity contribution in [3.63, 3.8) is 0 Å². The zero-order chi connectivity index (χ0) is 58.9. The average Bonchev–Trinajstić information content (AvgIpc) is 4.08. The minimum atomic E-state index is -2.11. The van der Waals surface area contributed by atoms with E-state index in [0.717, 1.165) is 5.57 Å². The Hall–Kier alpha value is -2.79. The lowest BCUT2D eigenvalue weighted by molar-refractivity contribution is -0.386. The monoisotopic (exact) mass is 1140 g/mol. The number of allylic oxidation sites excluding steroid dienone is 3. The van der Waals surface area contributed by atoms with Gasteiger partial charge in [-0.05, 0) is 112 Å². The Morgan fingerprint density at radius 2 is 1.29 bits per heavy atom. The van der Waals surface area contributed by atoms with Crippen molar-refractivity contribution in [3.05, 3.63) is 23.3 Å². The maximum atomic E-state index is 13.9. The van der Waals surface area contributed by atoms with Gasteiger partial charge in [0.25, 0.3) is 0 Å². The van der Waals surface area contributed by atoms with Crippen molar-refractivity contribution >= 4 is 17.9 Å². The summed E-state index contributed by atoms with van der Waals surface area (Å²) in [6, 6.07) is 0. The Balaban J connectivity index is 1.03. The number of aliphatic carboxylic acids is 1. The highest BCUT2D eigenvalue weighted by Crippen LogP contribution is 2.76. The number of carboxylic acid groups (broad SMARTS) is 1. The summed E-state index contributed by atoms with van der Waals surface area (Å²) in [4.78, 5) is 40.7. The standard InChI is InChI=1S/C57H88O23/c1-12-24(2)46(70)78-44-43(79-50(71)56(11)25(3)80-56)51(4,5)19-27-26-13-14-31-53(8)17-16-33(52(6,7)30(53)15-18-54(31,9)55(26,10)20-32(61)57(27,44)23-60)74-49-42(77-48-38(66)36(64)34(62)28(21-58)72-48)40(39(67)41(76-49)45(68)69)75-47-37(65)35(63)29(22-59)73-47/h12-13,25,27-44,47-49,58-67H,14-23H2,1-11H3,(H,68,69)/b24-12-/t25?,27-,28+,29-,30-,31+,32+,33-,34+,35-,36-,37+,38+,39-,40-,41-,42+,43-,44-,47-,48-,49+,53-,54+,55+,56?,57-/m0/s1. The second-order valence-corrected chi connectivity index (χ2v) is 26.9. The predicted octanol–water partition coefficient (Wildman–Crippen LogP) is 0.503. The molecule has 9 aliphatic rings. The fourth-order valence-electron chi connectivity index (χ4n) is 16.6. The second-order valence-electron chi connectivity index (χ2n) is 26.9. The van der Waals surface area contributed by atoms with Crippen LogP contribution in [0.5, 0.6) is 0 Å². The van der Waals surface area contributed by atoms with Gasteiger partial charge in [0, 0.05) is 11.0 Å². The number of fused-ring (bicyclic) bond motifs is 7. The molecule has 5 aliphatic carbocycles. The molecular formula is C57H88O23. The lowest BCUT2D eigenvalue weighted by Gasteiger charge is -2.72. The third-order valence-corrected chi connectivity index (χ3v) is 22.0. The molecule has 0 aromatic rings. The molecule has 27 atom stereocenters. The third-order valence-electron chi connectivity index (χ3n) is 22.0. The summed E-state index contributed by atoms with van der Waals surface area (Å²) in [7, 11) is 0. The number of ether oxygens (including phenoxy) is 9. The number of epoxide rings is 1. The smallest absolute Gasteiger partial charge is 0.341 e. The van der Waals surface area contributed by atoms with Crippen molar-refractivity contribution in [3.8, 4) is 0 Å². The molecular weight excluding hydrogens is 1050 g/mol. The van der Waals surface area contributed by atoms with Crippen molar-refractivity contribution in [2.75, 3.05) is 19.8 Å². The lowest BCUT2D eigenvalue weighted by Crippen LogP contribution is -2.72. The van der Waals surface area contributed by atoms with Crippen LogP contribution in [0.4, 0.5) is 0 Å². The van der Waals surface area contributed by atoms with Crippen LogP contribution < -0.4 is 0 Å². The molecule has 23 heteroatoms. The van der Waals surface area contributed by atoms with Gasteiger partial charge >= 0.3 is 17.9 Å². The zero-order valence-corrected chi connectivity index (χ0v) is 47.7. The van der Waals surface area contributed by atoms with Crippen molar-refractivity contribution in [1.29, 1.82) is 0 Å². The molecule has 0 aromatic heterocycles. The number of esters is 2. The molecule has 454 valence electrons. The molecule has 80 heavy (non-hydrogen) atoms. The molecule has 2 unspecified atom stereocenters. The Bertz CT molecular complexity index is 2400. The first kappa shape index (κ1) is 61.8. The van der Waals surface area contributed by atoms with Gasteiger partial charge in [-0.3, -0.25) is 0 Å². The van der Waals surface area contributed by atoms with Crippen molar-refractivity contribution < 1.29 is 113 Å². The molecule has 4 heterocycles. The van der Waals surface area contributed by atoms with E-state index < -0.39 is 198 Å². The highest BCUT2D eigenvalue weighted by atomic mass is 16.8. The van der Waals surface area contributed by atoms with Crippen LogP contribution in [0.25, 0.3) is 0 Å². The van der Waals surface area contributed by atoms with Gasteiger partial charge in [-0.15, -0.1) is 0 Å². The van der Waals surface area contributed by atoms with Crippen molar-refractivity contribution in [2.45, 2.75) is 243 Å². The molecule has 4 saturated carbocycles. The molecule has 0 amide bonds. The number of carboxylic acids is 1. The minimum absolute atomic E-state index is 0.0163. The van der Waals surface area contributed by atoms with Crippen LogP contribution >= 0.6 is 0 Å². The van der Waals surface area contributed by atoms with Crippen LogP contribution in [-0.2, 0) is 57.0 Å². The summed E-state index contributed by atoms with van der Waals surface area (Å²) in [6.45, 7) is 19.4. The van der Waals surface area contributed by atoms with Gasteiger partial charge in [0.15, 0.2) is 36.7 Å². The van der Waals surface area contributed by atoms with E-state index in [4.69, 9.17) is 42.6 Å². The number of hydrogen-bond donors (Lipinski definition) is 11. The molecule has 4 aliphatic heterocycles. The number of aliphatic hydroxyl groups excluding tert-OH is 10. The van der Waals surface area contributed by atoms with E-state index in [9.17, 15) is 70.6 Å². The normalized spacial score (nSPS) is 51.4. The molecule has 0 spiro atoms. The number of rotatable bonds is 14. The van der Waals surface area contributed by atoms with E-state index in [1.165, 1.54) is 0 Å². The molecule has 8 fully saturated rings.